The quantitative estimate of drug-likeness (QED) is 0.627. The number of nitrogens with one attached hydrogen (secondary N) is 1. The second-order valence-electron chi connectivity index (χ2n) is 6.74. The summed E-state index contributed by atoms with van der Waals surface area (Å²) in [5, 5.41) is 6.80. The van der Waals surface area contributed by atoms with E-state index in [0.717, 1.165) is 42.7 Å². The summed E-state index contributed by atoms with van der Waals surface area (Å²) in [4.78, 5) is 16.2. The van der Waals surface area contributed by atoms with Gasteiger partial charge in [0.1, 0.15) is 18.1 Å². The minimum atomic E-state index is -0.0568. The van der Waals surface area contributed by atoms with Crippen molar-refractivity contribution in [1.82, 2.24) is 5.16 Å². The van der Waals surface area contributed by atoms with Crippen molar-refractivity contribution in [2.45, 2.75) is 46.0 Å². The van der Waals surface area contributed by atoms with E-state index in [4.69, 9.17) is 14.0 Å². The molecule has 7 nitrogen and oxygen atoms in total. The van der Waals surface area contributed by atoms with Crippen LogP contribution in [0.4, 0.5) is 5.69 Å². The molecule has 1 aromatic heterocycles. The molecule has 0 bridgehead atoms. The Labute approximate surface area is 165 Å². The highest BCUT2D eigenvalue weighted by Gasteiger charge is 2.14. The molecule has 150 valence electrons. The maximum absolute atomic E-state index is 11.9. The fourth-order valence-corrected chi connectivity index (χ4v) is 2.93. The monoisotopic (exact) mass is 385 g/mol. The predicted octanol–water partition coefficient (Wildman–Crippen LogP) is 3.90. The number of hydrogen-bond acceptors (Lipinski definition) is 6. The van der Waals surface area contributed by atoms with Gasteiger partial charge in [0.25, 0.3) is 0 Å². The molecule has 1 N–H and O–H groups in total. The van der Waals surface area contributed by atoms with Crippen LogP contribution in [-0.4, -0.2) is 36.7 Å². The van der Waals surface area contributed by atoms with Gasteiger partial charge in [-0.1, -0.05) is 12.1 Å². The molecule has 2 aromatic rings. The highest BCUT2D eigenvalue weighted by Crippen LogP contribution is 2.27. The molecule has 2 heterocycles. The van der Waals surface area contributed by atoms with Crippen molar-refractivity contribution >= 4 is 17.5 Å². The second-order valence-corrected chi connectivity index (χ2v) is 6.74. The van der Waals surface area contributed by atoms with Crippen LogP contribution in [0.2, 0.25) is 0 Å². The minimum Gasteiger partial charge on any atom is -0.491 e. The van der Waals surface area contributed by atoms with E-state index in [1.165, 1.54) is 0 Å². The topological polar surface area (TPSA) is 86.0 Å². The number of anilines is 1. The van der Waals surface area contributed by atoms with Crippen LogP contribution in [0.5, 0.6) is 5.75 Å². The number of nitrogens with zero attached hydrogens (tertiary/aromatic N) is 2. The van der Waals surface area contributed by atoms with Crippen LogP contribution < -0.4 is 10.1 Å². The van der Waals surface area contributed by atoms with Crippen molar-refractivity contribution < 1.29 is 18.8 Å². The predicted molar refractivity (Wildman–Crippen MR) is 107 cm³/mol. The molecule has 0 saturated heterocycles. The van der Waals surface area contributed by atoms with E-state index in [-0.39, 0.29) is 5.91 Å². The van der Waals surface area contributed by atoms with Crippen molar-refractivity contribution in [2.75, 3.05) is 25.1 Å². The Hall–Kier alpha value is -2.83. The van der Waals surface area contributed by atoms with Gasteiger partial charge < -0.3 is 19.3 Å². The smallest absolute Gasteiger partial charge is 0.224 e. The lowest BCUT2D eigenvalue weighted by atomic mass is 10.1. The summed E-state index contributed by atoms with van der Waals surface area (Å²) in [5.41, 5.74) is 2.41. The van der Waals surface area contributed by atoms with Gasteiger partial charge in [0, 0.05) is 24.5 Å². The third-order valence-corrected chi connectivity index (χ3v) is 4.41. The number of carbonyl (C=O) groups is 1. The minimum absolute atomic E-state index is 0.0568. The highest BCUT2D eigenvalue weighted by atomic mass is 16.5. The van der Waals surface area contributed by atoms with Gasteiger partial charge in [0.05, 0.1) is 24.5 Å². The number of aromatic nitrogens is 1. The molecule has 1 aromatic carbocycles. The zero-order valence-electron chi connectivity index (χ0n) is 16.5. The Bertz CT molecular complexity index is 829. The zero-order valence-corrected chi connectivity index (χ0v) is 16.5. The van der Waals surface area contributed by atoms with Crippen LogP contribution in [0.3, 0.4) is 0 Å². The summed E-state index contributed by atoms with van der Waals surface area (Å²) in [5.74, 6) is 2.14. The van der Waals surface area contributed by atoms with Crippen molar-refractivity contribution in [1.29, 1.82) is 0 Å². The molecule has 28 heavy (non-hydrogen) atoms. The van der Waals surface area contributed by atoms with Crippen LogP contribution in [0, 0.1) is 6.92 Å². The molecule has 0 atom stereocenters. The molecular weight excluding hydrogens is 358 g/mol. The fraction of sp³-hybridized carbons (Fsp3) is 0.476. The van der Waals surface area contributed by atoms with E-state index >= 15 is 0 Å². The molecule has 7 heteroatoms. The van der Waals surface area contributed by atoms with Gasteiger partial charge in [-0.15, -0.1) is 0 Å². The summed E-state index contributed by atoms with van der Waals surface area (Å²) in [7, 11) is 0. The lowest BCUT2D eigenvalue weighted by Crippen LogP contribution is -2.12. The average Bonchev–Trinajstić information content (AvgIpc) is 3.37. The van der Waals surface area contributed by atoms with Gasteiger partial charge in [-0.2, -0.15) is 0 Å². The standard InChI is InChI=1S/C21H27N3O4/c1-3-20(25)23-18-14-16(21-22-10-12-27-21)8-9-19(18)26-11-6-4-5-7-17-13-15(2)24-28-17/h8-9,13-14H,3-7,10-12H2,1-2H3,(H,23,25). The lowest BCUT2D eigenvalue weighted by molar-refractivity contribution is -0.115. The SMILES string of the molecule is CCC(=O)Nc1cc(C2=NCCO2)ccc1OCCCCCc1cc(C)no1. The Morgan fingerprint density at radius 1 is 1.25 bits per heavy atom. The number of unbranched alkanes of at least 4 members (excludes halogenated alkanes) is 2. The van der Waals surface area contributed by atoms with E-state index in [9.17, 15) is 4.79 Å². The van der Waals surface area contributed by atoms with E-state index in [1.807, 2.05) is 38.1 Å². The first-order chi connectivity index (χ1) is 13.7. The Morgan fingerprint density at radius 2 is 2.14 bits per heavy atom. The summed E-state index contributed by atoms with van der Waals surface area (Å²) >= 11 is 0. The first kappa shape index (κ1) is 19.9. The summed E-state index contributed by atoms with van der Waals surface area (Å²) in [6.45, 7) is 5.59. The number of ether oxygens (including phenoxy) is 2. The van der Waals surface area contributed by atoms with Crippen LogP contribution in [0.25, 0.3) is 0 Å². The van der Waals surface area contributed by atoms with Crippen LogP contribution in [0.1, 0.15) is 49.6 Å². The maximum Gasteiger partial charge on any atom is 0.224 e. The van der Waals surface area contributed by atoms with Crippen LogP contribution >= 0.6 is 0 Å². The Kier molecular flexibility index (Phi) is 7.06. The van der Waals surface area contributed by atoms with Crippen LogP contribution in [0.15, 0.2) is 33.8 Å². The molecular formula is C21H27N3O4. The molecule has 3 rings (SSSR count). The average molecular weight is 385 g/mol. The first-order valence-corrected chi connectivity index (χ1v) is 9.82. The molecule has 0 saturated carbocycles. The Morgan fingerprint density at radius 3 is 2.86 bits per heavy atom. The summed E-state index contributed by atoms with van der Waals surface area (Å²) in [6, 6.07) is 7.60. The van der Waals surface area contributed by atoms with E-state index in [1.54, 1.807) is 0 Å². The number of aliphatic imine (C=N–C) groups is 1. The van der Waals surface area contributed by atoms with Crippen LogP contribution in [-0.2, 0) is 16.0 Å². The molecule has 0 radical (unpaired) electrons. The first-order valence-electron chi connectivity index (χ1n) is 9.82. The number of benzene rings is 1. The van der Waals surface area contributed by atoms with Gasteiger partial charge >= 0.3 is 0 Å². The molecule has 1 aliphatic heterocycles. The molecule has 0 aliphatic carbocycles. The molecule has 0 fully saturated rings. The van der Waals surface area contributed by atoms with Gasteiger partial charge in [-0.05, 0) is 44.4 Å². The van der Waals surface area contributed by atoms with Crippen molar-refractivity contribution in [3.63, 3.8) is 0 Å². The number of amides is 1. The number of hydrogen-bond donors (Lipinski definition) is 1. The third kappa shape index (κ3) is 5.58. The largest absolute Gasteiger partial charge is 0.491 e. The highest BCUT2D eigenvalue weighted by molar-refractivity contribution is 5.98. The van der Waals surface area contributed by atoms with Gasteiger partial charge in [0.2, 0.25) is 11.8 Å². The van der Waals surface area contributed by atoms with Gasteiger partial charge in [-0.25, -0.2) is 4.99 Å². The normalized spacial score (nSPS) is 13.1. The molecule has 0 spiro atoms. The van der Waals surface area contributed by atoms with E-state index < -0.39 is 0 Å². The zero-order chi connectivity index (χ0) is 19.8. The Balaban J connectivity index is 1.51. The fourth-order valence-electron chi connectivity index (χ4n) is 2.93. The number of aryl methyl sites for hydroxylation is 2. The molecule has 1 amide bonds. The summed E-state index contributed by atoms with van der Waals surface area (Å²) < 4.78 is 16.7. The van der Waals surface area contributed by atoms with Gasteiger partial charge in [-0.3, -0.25) is 4.79 Å². The second kappa shape index (κ2) is 9.92. The van der Waals surface area contributed by atoms with E-state index in [0.29, 0.717) is 43.5 Å². The van der Waals surface area contributed by atoms with Crippen molar-refractivity contribution in [3.8, 4) is 5.75 Å². The molecule has 0 unspecified atom stereocenters. The maximum atomic E-state index is 11.9. The lowest BCUT2D eigenvalue weighted by Gasteiger charge is -2.14. The van der Waals surface area contributed by atoms with Crippen molar-refractivity contribution in [2.24, 2.45) is 4.99 Å². The summed E-state index contributed by atoms with van der Waals surface area (Å²) in [6.07, 6.45) is 4.26. The third-order valence-electron chi connectivity index (χ3n) is 4.41. The van der Waals surface area contributed by atoms with Gasteiger partial charge in [0.15, 0.2) is 0 Å². The van der Waals surface area contributed by atoms with Crippen molar-refractivity contribution in [3.05, 3.63) is 41.3 Å². The number of carbonyl (C=O) groups excluding carboxylic acids is 1. The number of rotatable bonds is 10. The van der Waals surface area contributed by atoms with E-state index in [2.05, 4.69) is 15.5 Å². The molecule has 1 aliphatic rings.